The van der Waals surface area contributed by atoms with Gasteiger partial charge in [-0.2, -0.15) is 0 Å². The van der Waals surface area contributed by atoms with Gasteiger partial charge in [0.05, 0.1) is 12.2 Å². The quantitative estimate of drug-likeness (QED) is 0.0957. The van der Waals surface area contributed by atoms with E-state index < -0.39 is 48.5 Å². The predicted octanol–water partition coefficient (Wildman–Crippen LogP) is 7.92. The minimum Gasteiger partial charge on any atom is -0.451 e. The van der Waals surface area contributed by atoms with E-state index in [0.717, 1.165) is 49.7 Å². The van der Waals surface area contributed by atoms with Gasteiger partial charge in [-0.15, -0.1) is 0 Å². The first-order valence-corrected chi connectivity index (χ1v) is 24.4. The molecule has 66 heavy (non-hydrogen) atoms. The van der Waals surface area contributed by atoms with Crippen LogP contribution in [0.1, 0.15) is 91.2 Å². The Morgan fingerprint density at radius 3 is 1.36 bits per heavy atom. The van der Waals surface area contributed by atoms with E-state index >= 15 is 0 Å². The number of fused-ring (bicyclic) bond motifs is 4. The summed E-state index contributed by atoms with van der Waals surface area (Å²) in [6, 6.07) is 17.1. The highest BCUT2D eigenvalue weighted by Gasteiger charge is 2.64. The summed E-state index contributed by atoms with van der Waals surface area (Å²) in [5.74, 6) is 9.49. The molecule has 0 amide bonds. The summed E-state index contributed by atoms with van der Waals surface area (Å²) >= 11 is 6.77. The van der Waals surface area contributed by atoms with E-state index in [1.165, 1.54) is 0 Å². The van der Waals surface area contributed by atoms with Crippen LogP contribution in [0.2, 0.25) is 0 Å². The van der Waals surface area contributed by atoms with E-state index in [9.17, 15) is 19.2 Å². The van der Waals surface area contributed by atoms with Crippen LogP contribution in [0.15, 0.2) is 81.0 Å². The van der Waals surface area contributed by atoms with Gasteiger partial charge in [0.15, 0.2) is 13.2 Å². The Morgan fingerprint density at radius 1 is 0.652 bits per heavy atom. The van der Waals surface area contributed by atoms with Crippen molar-refractivity contribution in [1.82, 2.24) is 10.6 Å². The topological polar surface area (TPSA) is 148 Å². The fourth-order valence-corrected chi connectivity index (χ4v) is 12.1. The standard InChI is InChI=1S/C52H58Br2N2O10/c1-49(2)33-21-23-51(49,5)37(29-33)63-47-41(39(53)45(59)65-47)55-35(27-31-17-11-9-12-18-31)43(57)61-25-15-7-8-16-26-62-44(58)36(28-32-19-13-10-14-20-32)56-42-40(54)46(60)66-48(42)64-38-30-34-22-24-52(38,6)50(34,3)4/h9-14,17-20,33-38,47-48,55-56H,21-30H2,1-6H3/t33-,34-,35-,36-,37+,38+,47-,48-,51+,52+/m0/s1. The summed E-state index contributed by atoms with van der Waals surface area (Å²) in [4.78, 5) is 53.0. The van der Waals surface area contributed by atoms with Crippen molar-refractivity contribution in [3.63, 3.8) is 0 Å². The molecule has 12 nitrogen and oxygen atoms in total. The number of ether oxygens (including phenoxy) is 6. The first-order chi connectivity index (χ1) is 31.4. The van der Waals surface area contributed by atoms with E-state index in [1.807, 2.05) is 60.7 Å². The molecule has 0 aromatic heterocycles. The molecule has 0 unspecified atom stereocenters. The number of rotatable bonds is 16. The molecule has 10 atom stereocenters. The summed E-state index contributed by atoms with van der Waals surface area (Å²) in [7, 11) is 0. The molecule has 2 N–H and O–H groups in total. The van der Waals surface area contributed by atoms with E-state index in [1.54, 1.807) is 0 Å². The molecule has 0 radical (unpaired) electrons. The van der Waals surface area contributed by atoms with Gasteiger partial charge >= 0.3 is 23.9 Å². The predicted molar refractivity (Wildman–Crippen MR) is 251 cm³/mol. The Hall–Kier alpha value is -4.60. The van der Waals surface area contributed by atoms with Crippen molar-refractivity contribution in [2.24, 2.45) is 33.5 Å². The molecule has 14 heteroatoms. The third kappa shape index (κ3) is 9.20. The molecule has 350 valence electrons. The largest absolute Gasteiger partial charge is 0.451 e. The molecule has 6 aliphatic rings. The number of hydrogen-bond acceptors (Lipinski definition) is 12. The van der Waals surface area contributed by atoms with Crippen LogP contribution in [0.3, 0.4) is 0 Å². The highest BCUT2D eigenvalue weighted by Crippen LogP contribution is 2.67. The lowest BCUT2D eigenvalue weighted by molar-refractivity contribution is -0.185. The second-order valence-electron chi connectivity index (χ2n) is 20.0. The van der Waals surface area contributed by atoms with Crippen LogP contribution >= 0.6 is 31.9 Å². The number of halogens is 2. The zero-order chi connectivity index (χ0) is 47.0. The highest BCUT2D eigenvalue weighted by molar-refractivity contribution is 9.12. The summed E-state index contributed by atoms with van der Waals surface area (Å²) in [6.07, 6.45) is 4.35. The number of benzene rings is 2. The summed E-state index contributed by atoms with van der Waals surface area (Å²) in [6.45, 7) is 13.1. The summed E-state index contributed by atoms with van der Waals surface area (Å²) in [5, 5.41) is 6.45. The van der Waals surface area contributed by atoms with Gasteiger partial charge < -0.3 is 39.1 Å². The van der Waals surface area contributed by atoms with Gasteiger partial charge in [0.2, 0.25) is 12.6 Å². The number of carbonyl (C=O) groups excluding carboxylic acids is 4. The summed E-state index contributed by atoms with van der Waals surface area (Å²) < 4.78 is 36.0. The second kappa shape index (κ2) is 19.2. The lowest BCUT2D eigenvalue weighted by atomic mass is 9.70. The van der Waals surface area contributed by atoms with Crippen LogP contribution in [0.5, 0.6) is 0 Å². The van der Waals surface area contributed by atoms with E-state index in [2.05, 4.69) is 108 Å². The number of cyclic esters (lactones) is 2. The first-order valence-electron chi connectivity index (χ1n) is 22.8. The smallest absolute Gasteiger partial charge is 0.349 e. The van der Waals surface area contributed by atoms with Crippen molar-refractivity contribution in [2.45, 2.75) is 130 Å². The van der Waals surface area contributed by atoms with Gasteiger partial charge in [-0.1, -0.05) is 102 Å². The molecule has 2 aromatic carbocycles. The molecule has 0 spiro atoms. The van der Waals surface area contributed by atoms with Gasteiger partial charge in [0, 0.05) is 12.8 Å². The van der Waals surface area contributed by atoms with Crippen LogP contribution < -0.4 is 10.6 Å². The molecule has 0 saturated heterocycles. The average molecular weight is 1030 g/mol. The van der Waals surface area contributed by atoms with E-state index in [0.29, 0.717) is 23.2 Å². The molecule has 4 fully saturated rings. The average Bonchev–Trinajstić information content (AvgIpc) is 3.98. The molecule has 4 saturated carbocycles. The molecule has 8 rings (SSSR count). The molecule has 4 bridgehead atoms. The minimum absolute atomic E-state index is 0.0776. The monoisotopic (exact) mass is 1030 g/mol. The number of nitrogens with one attached hydrogen (secondary N) is 2. The zero-order valence-corrected chi connectivity index (χ0v) is 41.5. The summed E-state index contributed by atoms with van der Waals surface area (Å²) in [5.41, 5.74) is 2.44. The number of hydrogen-bond donors (Lipinski definition) is 2. The van der Waals surface area contributed by atoms with Crippen LogP contribution in [-0.4, -0.2) is 74.0 Å². The molecular formula is C52H58Br2N2O10. The zero-order valence-electron chi connectivity index (χ0n) is 38.3. The molecule has 2 aromatic rings. The third-order valence-electron chi connectivity index (χ3n) is 16.3. The lowest BCUT2D eigenvalue weighted by Crippen LogP contribution is -2.44. The van der Waals surface area contributed by atoms with Crippen LogP contribution in [0.4, 0.5) is 0 Å². The van der Waals surface area contributed by atoms with Crippen molar-refractivity contribution in [2.75, 3.05) is 13.2 Å². The molecular weight excluding hydrogens is 972 g/mol. The molecule has 2 heterocycles. The van der Waals surface area contributed by atoms with Crippen molar-refractivity contribution in [3.8, 4) is 23.7 Å². The molecule has 2 aliphatic heterocycles. The fourth-order valence-electron chi connectivity index (χ4n) is 11.3. The SMILES string of the molecule is CC1(C)[C@H]2CC[C@]1(C)[C@H](O[C@H]1OC(=O)C(Br)=C1N[C@@H](Cc1ccccc1)C(=O)OCC#CC#CCOC(=O)[C@H](Cc1ccccc1)NC1=C(Br)C(=O)O[C@@H]1O[C@@H]1C[C@@H]3CC[C@@]1(C)C3(C)C)C2. The van der Waals surface area contributed by atoms with Crippen molar-refractivity contribution < 1.29 is 47.6 Å². The van der Waals surface area contributed by atoms with Crippen molar-refractivity contribution >= 4 is 55.7 Å². The van der Waals surface area contributed by atoms with Crippen LogP contribution in [0.25, 0.3) is 0 Å². The maximum atomic E-state index is 13.7. The van der Waals surface area contributed by atoms with Gasteiger partial charge in [-0.05, 0) is 139 Å². The first kappa shape index (κ1) is 47.9. The Balaban J connectivity index is 0.876. The van der Waals surface area contributed by atoms with Gasteiger partial charge in [-0.25, -0.2) is 19.2 Å². The fraction of sp³-hybridized carbons (Fsp3) is 0.538. The Labute approximate surface area is 404 Å². The molecule has 4 aliphatic carbocycles. The maximum Gasteiger partial charge on any atom is 0.349 e. The van der Waals surface area contributed by atoms with E-state index in [-0.39, 0.29) is 68.9 Å². The lowest BCUT2D eigenvalue weighted by Gasteiger charge is -2.39. The van der Waals surface area contributed by atoms with Crippen LogP contribution in [0, 0.1) is 57.2 Å². The Bertz CT molecular complexity index is 2250. The third-order valence-corrected chi connectivity index (χ3v) is 17.8. The minimum atomic E-state index is -1.01. The number of carbonyl (C=O) groups is 4. The second-order valence-corrected chi connectivity index (χ2v) is 21.6. The van der Waals surface area contributed by atoms with Gasteiger partial charge in [-0.3, -0.25) is 0 Å². The Morgan fingerprint density at radius 2 is 1.03 bits per heavy atom. The normalized spacial score (nSPS) is 30.7. The van der Waals surface area contributed by atoms with Gasteiger partial charge in [0.1, 0.15) is 32.4 Å². The van der Waals surface area contributed by atoms with Crippen molar-refractivity contribution in [3.05, 3.63) is 92.1 Å². The highest BCUT2D eigenvalue weighted by atomic mass is 79.9. The number of esters is 4. The maximum absolute atomic E-state index is 13.7. The van der Waals surface area contributed by atoms with Crippen LogP contribution in [-0.2, 0) is 60.4 Å². The van der Waals surface area contributed by atoms with E-state index in [4.69, 9.17) is 28.4 Å². The Kier molecular flexibility index (Phi) is 13.9. The van der Waals surface area contributed by atoms with Gasteiger partial charge in [0.25, 0.3) is 0 Å². The van der Waals surface area contributed by atoms with Crippen molar-refractivity contribution in [1.29, 1.82) is 0 Å².